The van der Waals surface area contributed by atoms with Crippen LogP contribution in [-0.2, 0) is 10.5 Å². The van der Waals surface area contributed by atoms with Gasteiger partial charge in [-0.2, -0.15) is 0 Å². The second kappa shape index (κ2) is 8.85. The fourth-order valence-electron chi connectivity index (χ4n) is 2.09. The molecule has 0 heterocycles. The second-order valence-corrected chi connectivity index (χ2v) is 6.61. The predicted octanol–water partition coefficient (Wildman–Crippen LogP) is 4.54. The Bertz CT molecular complexity index is 704. The summed E-state index contributed by atoms with van der Waals surface area (Å²) in [5.41, 5.74) is 2.96. The smallest absolute Gasteiger partial charge is 0.234 e. The Labute approximate surface area is 151 Å². The molecule has 0 aromatic heterocycles. The van der Waals surface area contributed by atoms with Gasteiger partial charge in [0, 0.05) is 11.8 Å². The van der Waals surface area contributed by atoms with E-state index in [9.17, 15) is 4.79 Å². The number of hydrogen-bond donors (Lipinski definition) is 1. The van der Waals surface area contributed by atoms with Crippen LogP contribution in [0.25, 0.3) is 0 Å². The second-order valence-electron chi connectivity index (χ2n) is 5.21. The number of thioether (sulfide) groups is 1. The maximum atomic E-state index is 12.1. The van der Waals surface area contributed by atoms with E-state index in [4.69, 9.17) is 21.1 Å². The molecule has 0 saturated heterocycles. The standard InChI is InChI=1S/C18H20ClNO3S/c1-12-4-6-13(7-5-12)10-24-11-18(21)20-15-8-14(19)16(22-2)9-17(15)23-3/h4-9H,10-11H2,1-3H3,(H,20,21). The van der Waals surface area contributed by atoms with Gasteiger partial charge in [-0.05, 0) is 18.6 Å². The van der Waals surface area contributed by atoms with Gasteiger partial charge in [-0.25, -0.2) is 0 Å². The Morgan fingerprint density at radius 2 is 1.79 bits per heavy atom. The van der Waals surface area contributed by atoms with Crippen molar-refractivity contribution >= 4 is 35.0 Å². The van der Waals surface area contributed by atoms with Crippen molar-refractivity contribution in [1.29, 1.82) is 0 Å². The van der Waals surface area contributed by atoms with E-state index in [-0.39, 0.29) is 5.91 Å². The van der Waals surface area contributed by atoms with Gasteiger partial charge in [0.2, 0.25) is 5.91 Å². The molecule has 0 aliphatic carbocycles. The van der Waals surface area contributed by atoms with Gasteiger partial charge in [-0.15, -0.1) is 11.8 Å². The maximum Gasteiger partial charge on any atom is 0.234 e. The highest BCUT2D eigenvalue weighted by Crippen LogP contribution is 2.35. The minimum absolute atomic E-state index is 0.105. The highest BCUT2D eigenvalue weighted by molar-refractivity contribution is 7.99. The van der Waals surface area contributed by atoms with Crippen LogP contribution < -0.4 is 14.8 Å². The number of ether oxygens (including phenoxy) is 2. The monoisotopic (exact) mass is 365 g/mol. The van der Waals surface area contributed by atoms with Crippen molar-refractivity contribution in [2.45, 2.75) is 12.7 Å². The van der Waals surface area contributed by atoms with Crippen molar-refractivity contribution in [1.82, 2.24) is 0 Å². The molecule has 0 fully saturated rings. The number of hydrogen-bond acceptors (Lipinski definition) is 4. The summed E-state index contributed by atoms with van der Waals surface area (Å²) in [6.45, 7) is 2.05. The summed E-state index contributed by atoms with van der Waals surface area (Å²) in [6, 6.07) is 11.6. The van der Waals surface area contributed by atoms with E-state index < -0.39 is 0 Å². The first-order valence-electron chi connectivity index (χ1n) is 7.38. The van der Waals surface area contributed by atoms with Crippen molar-refractivity contribution in [2.24, 2.45) is 0 Å². The molecule has 1 N–H and O–H groups in total. The molecular weight excluding hydrogens is 346 g/mol. The van der Waals surface area contributed by atoms with E-state index in [1.54, 1.807) is 23.9 Å². The number of carbonyl (C=O) groups excluding carboxylic acids is 1. The molecule has 0 radical (unpaired) electrons. The lowest BCUT2D eigenvalue weighted by molar-refractivity contribution is -0.113. The Morgan fingerprint density at radius 3 is 2.42 bits per heavy atom. The SMILES string of the molecule is COc1cc(OC)c(NC(=O)CSCc2ccc(C)cc2)cc1Cl. The summed E-state index contributed by atoms with van der Waals surface area (Å²) in [7, 11) is 3.06. The Morgan fingerprint density at radius 1 is 1.12 bits per heavy atom. The van der Waals surface area contributed by atoms with Crippen LogP contribution >= 0.6 is 23.4 Å². The number of halogens is 1. The van der Waals surface area contributed by atoms with Crippen molar-refractivity contribution < 1.29 is 14.3 Å². The Hall–Kier alpha value is -1.85. The fourth-order valence-corrected chi connectivity index (χ4v) is 3.12. The number of anilines is 1. The van der Waals surface area contributed by atoms with Crippen LogP contribution in [0.15, 0.2) is 36.4 Å². The lowest BCUT2D eigenvalue weighted by Crippen LogP contribution is -2.15. The molecule has 0 unspecified atom stereocenters. The first-order valence-corrected chi connectivity index (χ1v) is 8.91. The van der Waals surface area contributed by atoms with Gasteiger partial charge in [-0.3, -0.25) is 4.79 Å². The van der Waals surface area contributed by atoms with E-state index in [1.165, 1.54) is 25.3 Å². The van der Waals surface area contributed by atoms with Crippen LogP contribution in [0.4, 0.5) is 5.69 Å². The first-order chi connectivity index (χ1) is 11.5. The number of aryl methyl sites for hydroxylation is 1. The Kier molecular flexibility index (Phi) is 6.82. The molecular formula is C18H20ClNO3S. The lowest BCUT2D eigenvalue weighted by atomic mass is 10.2. The van der Waals surface area contributed by atoms with Gasteiger partial charge < -0.3 is 14.8 Å². The first kappa shape index (κ1) is 18.5. The highest BCUT2D eigenvalue weighted by atomic mass is 35.5. The molecule has 0 atom stereocenters. The summed E-state index contributed by atoms with van der Waals surface area (Å²) in [4.78, 5) is 12.1. The van der Waals surface area contributed by atoms with Crippen LogP contribution in [0.2, 0.25) is 5.02 Å². The van der Waals surface area contributed by atoms with E-state index >= 15 is 0 Å². The normalized spacial score (nSPS) is 10.3. The average Bonchev–Trinajstić information content (AvgIpc) is 2.57. The number of rotatable bonds is 7. The van der Waals surface area contributed by atoms with Crippen LogP contribution in [0.3, 0.4) is 0 Å². The molecule has 24 heavy (non-hydrogen) atoms. The highest BCUT2D eigenvalue weighted by Gasteiger charge is 2.12. The summed E-state index contributed by atoms with van der Waals surface area (Å²) >= 11 is 7.66. The molecule has 2 rings (SSSR count). The van der Waals surface area contributed by atoms with E-state index in [0.717, 1.165) is 5.75 Å². The predicted molar refractivity (Wildman–Crippen MR) is 101 cm³/mol. The quantitative estimate of drug-likeness (QED) is 0.782. The van der Waals surface area contributed by atoms with Gasteiger partial charge in [-0.1, -0.05) is 41.4 Å². The number of amides is 1. The third-order valence-corrected chi connectivity index (χ3v) is 4.67. The largest absolute Gasteiger partial charge is 0.495 e. The summed E-state index contributed by atoms with van der Waals surface area (Å²) < 4.78 is 10.4. The van der Waals surface area contributed by atoms with Gasteiger partial charge in [0.05, 0.1) is 30.7 Å². The summed E-state index contributed by atoms with van der Waals surface area (Å²) in [5, 5.41) is 3.24. The minimum atomic E-state index is -0.105. The van der Waals surface area contributed by atoms with Gasteiger partial charge in [0.15, 0.2) is 0 Å². The molecule has 0 saturated carbocycles. The number of nitrogens with one attached hydrogen (secondary N) is 1. The molecule has 0 aliphatic heterocycles. The minimum Gasteiger partial charge on any atom is -0.495 e. The molecule has 128 valence electrons. The molecule has 0 aliphatic rings. The average molecular weight is 366 g/mol. The van der Waals surface area contributed by atoms with Gasteiger partial charge >= 0.3 is 0 Å². The number of benzene rings is 2. The summed E-state index contributed by atoms with van der Waals surface area (Å²) in [6.07, 6.45) is 0. The van der Waals surface area contributed by atoms with E-state index in [2.05, 4.69) is 36.5 Å². The molecule has 2 aromatic carbocycles. The van der Waals surface area contributed by atoms with Crippen LogP contribution in [-0.4, -0.2) is 25.9 Å². The van der Waals surface area contributed by atoms with Gasteiger partial charge in [0.25, 0.3) is 0 Å². The molecule has 4 nitrogen and oxygen atoms in total. The Balaban J connectivity index is 1.92. The third kappa shape index (κ3) is 5.08. The molecule has 0 bridgehead atoms. The molecule has 2 aromatic rings. The fraction of sp³-hybridized carbons (Fsp3) is 0.278. The van der Waals surface area contributed by atoms with Crippen LogP contribution in [0.5, 0.6) is 11.5 Å². The molecule has 1 amide bonds. The number of carbonyl (C=O) groups is 1. The maximum absolute atomic E-state index is 12.1. The van der Waals surface area contributed by atoms with Crippen LogP contribution in [0, 0.1) is 6.92 Å². The zero-order valence-electron chi connectivity index (χ0n) is 13.9. The molecule has 6 heteroatoms. The van der Waals surface area contributed by atoms with E-state index in [0.29, 0.717) is 28.0 Å². The number of methoxy groups -OCH3 is 2. The van der Waals surface area contributed by atoms with E-state index in [1.807, 2.05) is 0 Å². The topological polar surface area (TPSA) is 47.6 Å². The van der Waals surface area contributed by atoms with Crippen molar-refractivity contribution in [3.05, 3.63) is 52.5 Å². The third-order valence-electron chi connectivity index (χ3n) is 3.37. The summed E-state index contributed by atoms with van der Waals surface area (Å²) in [5.74, 6) is 2.04. The van der Waals surface area contributed by atoms with Crippen molar-refractivity contribution in [3.8, 4) is 11.5 Å². The lowest BCUT2D eigenvalue weighted by Gasteiger charge is -2.13. The van der Waals surface area contributed by atoms with Gasteiger partial charge in [0.1, 0.15) is 11.5 Å². The molecule has 0 spiro atoms. The zero-order valence-corrected chi connectivity index (χ0v) is 15.5. The zero-order chi connectivity index (χ0) is 17.5. The van der Waals surface area contributed by atoms with Crippen molar-refractivity contribution in [2.75, 3.05) is 25.3 Å². The van der Waals surface area contributed by atoms with Crippen LogP contribution in [0.1, 0.15) is 11.1 Å². The van der Waals surface area contributed by atoms with Crippen molar-refractivity contribution in [3.63, 3.8) is 0 Å².